The molecule has 8 nitrogen and oxygen atoms in total. The molecule has 0 aromatic heterocycles. The predicted molar refractivity (Wildman–Crippen MR) is 184 cm³/mol. The van der Waals surface area contributed by atoms with E-state index in [0.717, 1.165) is 10.5 Å². The normalized spacial score (nSPS) is 20.0. The zero-order chi connectivity index (χ0) is 34.3. The molecule has 1 aliphatic heterocycles. The highest BCUT2D eigenvalue weighted by atomic mass is 32.2. The van der Waals surface area contributed by atoms with Gasteiger partial charge in [-0.15, -0.1) is 11.8 Å². The number of benzene rings is 3. The van der Waals surface area contributed by atoms with Crippen LogP contribution >= 0.6 is 11.8 Å². The van der Waals surface area contributed by atoms with Gasteiger partial charge in [-0.1, -0.05) is 57.7 Å². The Bertz CT molecular complexity index is 1530. The first kappa shape index (κ1) is 36.7. The van der Waals surface area contributed by atoms with Crippen molar-refractivity contribution in [1.82, 2.24) is 0 Å². The molecule has 3 aromatic rings. The molecule has 3 radical (unpaired) electrons. The number of hydrogen-bond acceptors (Lipinski definition) is 9. The van der Waals surface area contributed by atoms with Gasteiger partial charge in [0.25, 0.3) is 0 Å². The van der Waals surface area contributed by atoms with E-state index in [9.17, 15) is 5.11 Å². The molecule has 0 aliphatic carbocycles. The van der Waals surface area contributed by atoms with Crippen LogP contribution in [0.2, 0.25) is 0 Å². The Morgan fingerprint density at radius 3 is 1.98 bits per heavy atom. The third kappa shape index (κ3) is 8.47. The number of rotatable bonds is 13. The molecule has 47 heavy (non-hydrogen) atoms. The van der Waals surface area contributed by atoms with Gasteiger partial charge < -0.3 is 38.0 Å². The van der Waals surface area contributed by atoms with Crippen LogP contribution in [-0.4, -0.2) is 67.5 Å². The average Bonchev–Trinajstić information content (AvgIpc) is 3.03. The molecule has 10 heteroatoms. The maximum atomic E-state index is 12.5. The van der Waals surface area contributed by atoms with Crippen molar-refractivity contribution in [2.24, 2.45) is 5.41 Å². The van der Waals surface area contributed by atoms with Crippen LogP contribution in [0, 0.1) is 17.3 Å². The molecule has 0 fully saturated rings. The topological polar surface area (TPSA) is 84.8 Å². The van der Waals surface area contributed by atoms with E-state index < -0.39 is 16.6 Å². The lowest BCUT2D eigenvalue weighted by atomic mass is 9.66. The van der Waals surface area contributed by atoms with Crippen molar-refractivity contribution in [3.05, 3.63) is 77.9 Å². The molecular formula is C37H45O8SSi. The highest BCUT2D eigenvalue weighted by Crippen LogP contribution is 2.53. The van der Waals surface area contributed by atoms with Crippen LogP contribution in [-0.2, 0) is 24.9 Å². The van der Waals surface area contributed by atoms with E-state index in [4.69, 9.17) is 32.8 Å². The lowest BCUT2D eigenvalue weighted by Crippen LogP contribution is -2.50. The van der Waals surface area contributed by atoms with Gasteiger partial charge in [0.15, 0.2) is 19.2 Å². The molecular weight excluding hydrogens is 633 g/mol. The summed E-state index contributed by atoms with van der Waals surface area (Å²) in [6, 6.07) is 20.7. The van der Waals surface area contributed by atoms with Gasteiger partial charge in [-0.25, -0.2) is 0 Å². The summed E-state index contributed by atoms with van der Waals surface area (Å²) in [4.78, 5) is 0.895. The molecule has 3 atom stereocenters. The van der Waals surface area contributed by atoms with Gasteiger partial charge in [-0.05, 0) is 73.4 Å². The minimum atomic E-state index is -1.53. The number of hydrogen-bond donors (Lipinski definition) is 1. The molecule has 0 spiro atoms. The van der Waals surface area contributed by atoms with Crippen LogP contribution in [0.15, 0.2) is 71.6 Å². The lowest BCUT2D eigenvalue weighted by Gasteiger charge is -2.46. The quantitative estimate of drug-likeness (QED) is 0.121. The van der Waals surface area contributed by atoms with Gasteiger partial charge in [-0.3, -0.25) is 0 Å². The van der Waals surface area contributed by atoms with E-state index in [-0.39, 0.29) is 31.7 Å². The standard InChI is InChI=1S/C37H45O8SSi/c1-34(2,3)33(45-47)35(4,5)44-29-16-14-27(15-17-29)41-21-9-20-37(38)31-19-18-30(43-25-40-8)22-32(31)46-23-36(37,6)26-10-12-28(13-11-26)42-24-39-7/h10-19,22,33,38H,21,23-25H2,1-8H3. The number of thioether (sulfide) groups is 1. The zero-order valence-corrected chi connectivity index (χ0v) is 30.3. The largest absolute Gasteiger partial charge is 0.485 e. The molecule has 0 saturated carbocycles. The third-order valence-corrected chi connectivity index (χ3v) is 9.76. The molecule has 0 saturated heterocycles. The molecule has 3 unspecified atom stereocenters. The van der Waals surface area contributed by atoms with Crippen molar-refractivity contribution in [2.75, 3.05) is 40.2 Å². The number of fused-ring (bicyclic) bond motifs is 1. The van der Waals surface area contributed by atoms with Crippen molar-refractivity contribution in [1.29, 1.82) is 0 Å². The van der Waals surface area contributed by atoms with Crippen LogP contribution in [0.3, 0.4) is 0 Å². The smallest absolute Gasteiger partial charge is 0.246 e. The SMILES string of the molecule is COCOc1ccc(C2(C)CSc3cc(OCOC)ccc3C2(O)C#CCOc2ccc(OC(C)(C)C(O[Si])C(C)(C)C)cc2)cc1. The third-order valence-electron chi connectivity index (χ3n) is 8.16. The van der Waals surface area contributed by atoms with E-state index in [1.807, 2.05) is 87.5 Å². The van der Waals surface area contributed by atoms with Gasteiger partial charge in [0.05, 0.1) is 6.10 Å². The van der Waals surface area contributed by atoms with Crippen LogP contribution in [0.1, 0.15) is 52.7 Å². The van der Waals surface area contributed by atoms with Crippen molar-refractivity contribution >= 4 is 22.2 Å². The van der Waals surface area contributed by atoms with Crippen LogP contribution in [0.25, 0.3) is 0 Å². The summed E-state index contributed by atoms with van der Waals surface area (Å²) in [5.41, 5.74) is -1.41. The first-order chi connectivity index (χ1) is 22.3. The van der Waals surface area contributed by atoms with Crippen molar-refractivity contribution in [3.8, 4) is 34.8 Å². The molecule has 251 valence electrons. The van der Waals surface area contributed by atoms with Crippen molar-refractivity contribution in [2.45, 2.75) is 69.2 Å². The summed E-state index contributed by atoms with van der Waals surface area (Å²) in [5.74, 6) is 9.56. The van der Waals surface area contributed by atoms with Crippen LogP contribution in [0.5, 0.6) is 23.0 Å². The molecule has 3 aromatic carbocycles. The molecule has 1 heterocycles. The first-order valence-electron chi connectivity index (χ1n) is 15.4. The second-order valence-corrected chi connectivity index (χ2v) is 14.5. The summed E-state index contributed by atoms with van der Waals surface area (Å²) < 4.78 is 39.3. The predicted octanol–water partition coefficient (Wildman–Crippen LogP) is 6.66. The van der Waals surface area contributed by atoms with Crippen LogP contribution in [0.4, 0.5) is 0 Å². The summed E-state index contributed by atoms with van der Waals surface area (Å²) in [6.45, 7) is 12.7. The fourth-order valence-electron chi connectivity index (χ4n) is 5.91. The Kier molecular flexibility index (Phi) is 12.0. The number of aliphatic hydroxyl groups is 1. The Morgan fingerprint density at radius 1 is 0.830 bits per heavy atom. The molecule has 4 rings (SSSR count). The number of ether oxygens (including phenoxy) is 6. The van der Waals surface area contributed by atoms with Gasteiger partial charge in [0, 0.05) is 35.8 Å². The summed E-state index contributed by atoms with van der Waals surface area (Å²) in [6.07, 6.45) is -0.205. The van der Waals surface area contributed by atoms with E-state index in [2.05, 4.69) is 43.1 Å². The van der Waals surface area contributed by atoms with Crippen molar-refractivity contribution in [3.63, 3.8) is 0 Å². The fraction of sp³-hybridized carbons (Fsp3) is 0.459. The first-order valence-corrected chi connectivity index (χ1v) is 16.7. The number of methoxy groups -OCH3 is 2. The second-order valence-electron chi connectivity index (χ2n) is 13.2. The Morgan fingerprint density at radius 2 is 1.38 bits per heavy atom. The zero-order valence-electron chi connectivity index (χ0n) is 28.5. The van der Waals surface area contributed by atoms with Gasteiger partial charge in [0.2, 0.25) is 10.5 Å². The summed E-state index contributed by atoms with van der Waals surface area (Å²) in [7, 11) is 6.39. The maximum absolute atomic E-state index is 12.5. The lowest BCUT2D eigenvalue weighted by molar-refractivity contribution is -0.0641. The van der Waals surface area contributed by atoms with Gasteiger partial charge >= 0.3 is 0 Å². The Labute approximate surface area is 286 Å². The van der Waals surface area contributed by atoms with E-state index in [1.165, 1.54) is 0 Å². The van der Waals surface area contributed by atoms with E-state index in [1.54, 1.807) is 26.0 Å². The summed E-state index contributed by atoms with van der Waals surface area (Å²) >= 11 is 1.65. The average molecular weight is 678 g/mol. The second kappa shape index (κ2) is 15.4. The van der Waals surface area contributed by atoms with Crippen LogP contribution < -0.4 is 18.9 Å². The fourth-order valence-corrected chi connectivity index (χ4v) is 7.94. The van der Waals surface area contributed by atoms with E-state index in [0.29, 0.717) is 34.3 Å². The van der Waals surface area contributed by atoms with Gasteiger partial charge in [0.1, 0.15) is 35.2 Å². The molecule has 1 N–H and O–H groups in total. The maximum Gasteiger partial charge on any atom is 0.246 e. The molecule has 0 amide bonds. The highest BCUT2D eigenvalue weighted by Gasteiger charge is 2.52. The summed E-state index contributed by atoms with van der Waals surface area (Å²) in [5, 5.41) is 12.5. The molecule has 1 aliphatic rings. The minimum absolute atomic E-state index is 0.0781. The molecule has 0 bridgehead atoms. The van der Waals surface area contributed by atoms with Crippen molar-refractivity contribution < 1.29 is 38.0 Å². The Hall–Kier alpha value is -3.17. The Balaban J connectivity index is 1.56. The van der Waals surface area contributed by atoms with Gasteiger partial charge in [-0.2, -0.15) is 0 Å². The van der Waals surface area contributed by atoms with E-state index >= 15 is 0 Å². The minimum Gasteiger partial charge on any atom is -0.485 e. The highest BCUT2D eigenvalue weighted by molar-refractivity contribution is 7.99. The monoisotopic (exact) mass is 677 g/mol.